The van der Waals surface area contributed by atoms with E-state index < -0.39 is 27.8 Å². The number of carboxylic acids is 1. The van der Waals surface area contributed by atoms with E-state index >= 15 is 0 Å². The zero-order valence-corrected chi connectivity index (χ0v) is 20.3. The molecule has 2 atom stereocenters. The molecule has 2 heterocycles. The van der Waals surface area contributed by atoms with E-state index in [1.54, 1.807) is 17.0 Å². The number of ether oxygens (including phenoxy) is 2. The molecule has 1 aromatic rings. The first-order valence-corrected chi connectivity index (χ1v) is 13.2. The third kappa shape index (κ3) is 5.53. The molecule has 2 aliphatic heterocycles. The van der Waals surface area contributed by atoms with E-state index in [0.717, 1.165) is 0 Å². The predicted molar refractivity (Wildman–Crippen MR) is 122 cm³/mol. The van der Waals surface area contributed by atoms with Crippen molar-refractivity contribution in [2.75, 3.05) is 29.6 Å². The molecule has 12 heteroatoms. The number of anilines is 1. The Morgan fingerprint density at radius 2 is 1.84 bits per heavy atom. The van der Waals surface area contributed by atoms with Crippen molar-refractivity contribution in [2.24, 2.45) is 4.99 Å². The average molecular weight is 535 g/mol. The molecule has 31 heavy (non-hydrogen) atoms. The van der Waals surface area contributed by atoms with Crippen molar-refractivity contribution < 1.29 is 32.6 Å². The Bertz CT molecular complexity index is 1010. The van der Waals surface area contributed by atoms with E-state index in [1.807, 2.05) is 13.8 Å². The van der Waals surface area contributed by atoms with Crippen molar-refractivity contribution in [1.29, 1.82) is 0 Å². The lowest BCUT2D eigenvalue weighted by Gasteiger charge is -2.27. The summed E-state index contributed by atoms with van der Waals surface area (Å²) in [6, 6.07) is 3.09. The van der Waals surface area contributed by atoms with Crippen LogP contribution in [0.25, 0.3) is 0 Å². The zero-order valence-electron chi connectivity index (χ0n) is 17.0. The standard InChI is InChI=1S/C19H23BrN2O7S2/c1-3-28-14-7-11(20)12(8-15(14)29-4-2)22-13-9-31(26,27)10-16(13)30-19(22)21-17(23)5-6-18(24)25/h7-8,13,16H,3-6,9-10H2,1-2H3,(H,24,25)/t13-,16+/m0/s1. The lowest BCUT2D eigenvalue weighted by Crippen LogP contribution is -2.38. The summed E-state index contributed by atoms with van der Waals surface area (Å²) in [6.07, 6.45) is -0.543. The fourth-order valence-corrected chi connectivity index (χ4v) is 7.91. The summed E-state index contributed by atoms with van der Waals surface area (Å²) >= 11 is 4.76. The summed E-state index contributed by atoms with van der Waals surface area (Å²) in [6.45, 7) is 4.55. The normalized spacial score (nSPS) is 23.1. The van der Waals surface area contributed by atoms with Crippen LogP contribution in [-0.4, -0.2) is 66.6 Å². The van der Waals surface area contributed by atoms with Gasteiger partial charge < -0.3 is 19.5 Å². The summed E-state index contributed by atoms with van der Waals surface area (Å²) < 4.78 is 36.5. The number of carbonyl (C=O) groups excluding carboxylic acids is 1. The van der Waals surface area contributed by atoms with Gasteiger partial charge in [0.05, 0.1) is 42.9 Å². The van der Waals surface area contributed by atoms with Crippen LogP contribution in [0.3, 0.4) is 0 Å². The summed E-state index contributed by atoms with van der Waals surface area (Å²) in [5.74, 6) is -0.676. The Hall–Kier alpha value is -1.79. The third-order valence-electron chi connectivity index (χ3n) is 4.71. The van der Waals surface area contributed by atoms with Gasteiger partial charge in [-0.05, 0) is 29.8 Å². The van der Waals surface area contributed by atoms with E-state index in [4.69, 9.17) is 14.6 Å². The summed E-state index contributed by atoms with van der Waals surface area (Å²) in [7, 11) is -3.22. The topological polar surface area (TPSA) is 123 Å². The molecule has 2 fully saturated rings. The number of fused-ring (bicyclic) bond motifs is 1. The fourth-order valence-electron chi connectivity index (χ4n) is 3.47. The number of carboxylic acid groups (broad SMARTS) is 1. The molecular formula is C19H23BrN2O7S2. The highest BCUT2D eigenvalue weighted by atomic mass is 79.9. The van der Waals surface area contributed by atoms with Gasteiger partial charge in [-0.1, -0.05) is 11.8 Å². The molecular weight excluding hydrogens is 512 g/mol. The Kier molecular flexibility index (Phi) is 7.53. The summed E-state index contributed by atoms with van der Waals surface area (Å²) in [5, 5.41) is 8.90. The van der Waals surface area contributed by atoms with Crippen LogP contribution in [0.15, 0.2) is 21.6 Å². The first kappa shape index (κ1) is 23.9. The highest BCUT2D eigenvalue weighted by Crippen LogP contribution is 2.46. The van der Waals surface area contributed by atoms with Gasteiger partial charge in [0.1, 0.15) is 0 Å². The number of amides is 1. The molecule has 0 aromatic heterocycles. The smallest absolute Gasteiger partial charge is 0.303 e. The number of aliphatic imine (C=N–C) groups is 1. The quantitative estimate of drug-likeness (QED) is 0.535. The van der Waals surface area contributed by atoms with Crippen LogP contribution in [0.5, 0.6) is 11.5 Å². The first-order valence-electron chi connectivity index (χ1n) is 9.74. The molecule has 170 valence electrons. The number of hydrogen-bond donors (Lipinski definition) is 1. The van der Waals surface area contributed by atoms with Crippen molar-refractivity contribution >= 4 is 60.3 Å². The maximum absolute atomic E-state index is 12.3. The van der Waals surface area contributed by atoms with Gasteiger partial charge in [0.2, 0.25) is 5.91 Å². The second-order valence-corrected chi connectivity index (χ2v) is 11.2. The Balaban J connectivity index is 2.03. The van der Waals surface area contributed by atoms with Crippen LogP contribution < -0.4 is 14.4 Å². The third-order valence-corrected chi connectivity index (χ3v) is 8.56. The van der Waals surface area contributed by atoms with E-state index in [0.29, 0.717) is 40.0 Å². The lowest BCUT2D eigenvalue weighted by molar-refractivity contribution is -0.138. The monoisotopic (exact) mass is 534 g/mol. The minimum atomic E-state index is -3.22. The number of aliphatic carboxylic acids is 1. The molecule has 1 aromatic carbocycles. The SMILES string of the molecule is CCOc1cc(Br)c(N2C(=NC(=O)CCC(=O)O)S[C@@H]3CS(=O)(=O)C[C@@H]32)cc1OCC. The van der Waals surface area contributed by atoms with Crippen molar-refractivity contribution in [2.45, 2.75) is 38.0 Å². The minimum absolute atomic E-state index is 0.00582. The number of amidine groups is 1. The molecule has 2 saturated heterocycles. The van der Waals surface area contributed by atoms with Crippen LogP contribution in [0, 0.1) is 0 Å². The van der Waals surface area contributed by atoms with Gasteiger partial charge in [-0.3, -0.25) is 9.59 Å². The second-order valence-electron chi connectivity index (χ2n) is 6.97. The van der Waals surface area contributed by atoms with Crippen LogP contribution >= 0.6 is 27.7 Å². The van der Waals surface area contributed by atoms with Gasteiger partial charge in [0.15, 0.2) is 26.5 Å². The van der Waals surface area contributed by atoms with Crippen LogP contribution in [0.2, 0.25) is 0 Å². The Morgan fingerprint density at radius 3 is 2.45 bits per heavy atom. The number of carbonyl (C=O) groups is 2. The number of thioether (sulfide) groups is 1. The molecule has 0 saturated carbocycles. The molecule has 2 aliphatic rings. The van der Waals surface area contributed by atoms with Crippen molar-refractivity contribution in [1.82, 2.24) is 0 Å². The van der Waals surface area contributed by atoms with Crippen LogP contribution in [0.4, 0.5) is 5.69 Å². The molecule has 0 bridgehead atoms. The second kappa shape index (κ2) is 9.78. The largest absolute Gasteiger partial charge is 0.490 e. The summed E-state index contributed by atoms with van der Waals surface area (Å²) in [4.78, 5) is 28.9. The van der Waals surface area contributed by atoms with Gasteiger partial charge in [-0.15, -0.1) is 0 Å². The van der Waals surface area contributed by atoms with Crippen molar-refractivity contribution in [3.8, 4) is 11.5 Å². The Labute approximate surface area is 193 Å². The van der Waals surface area contributed by atoms with Crippen molar-refractivity contribution in [3.63, 3.8) is 0 Å². The van der Waals surface area contributed by atoms with Crippen LogP contribution in [0.1, 0.15) is 26.7 Å². The first-order chi connectivity index (χ1) is 14.6. The van der Waals surface area contributed by atoms with Gasteiger partial charge >= 0.3 is 5.97 Å². The Morgan fingerprint density at radius 1 is 1.19 bits per heavy atom. The molecule has 3 rings (SSSR count). The molecule has 0 spiro atoms. The minimum Gasteiger partial charge on any atom is -0.490 e. The van der Waals surface area contributed by atoms with Crippen LogP contribution in [-0.2, 0) is 19.4 Å². The van der Waals surface area contributed by atoms with Gasteiger partial charge in [-0.2, -0.15) is 4.99 Å². The highest BCUT2D eigenvalue weighted by Gasteiger charge is 2.50. The average Bonchev–Trinajstić information content (AvgIpc) is 3.13. The van der Waals surface area contributed by atoms with E-state index in [-0.39, 0.29) is 29.6 Å². The number of benzene rings is 1. The molecule has 0 radical (unpaired) electrons. The van der Waals surface area contributed by atoms with E-state index in [1.165, 1.54) is 11.8 Å². The number of hydrogen-bond acceptors (Lipinski definition) is 7. The predicted octanol–water partition coefficient (Wildman–Crippen LogP) is 2.71. The van der Waals surface area contributed by atoms with E-state index in [2.05, 4.69) is 20.9 Å². The van der Waals surface area contributed by atoms with Crippen molar-refractivity contribution in [3.05, 3.63) is 16.6 Å². The maximum atomic E-state index is 12.3. The number of nitrogens with zero attached hydrogens (tertiary/aromatic N) is 2. The molecule has 9 nitrogen and oxygen atoms in total. The van der Waals surface area contributed by atoms with Gasteiger partial charge in [0, 0.05) is 28.3 Å². The summed E-state index contributed by atoms with van der Waals surface area (Å²) in [5.41, 5.74) is 0.605. The zero-order chi connectivity index (χ0) is 22.8. The number of sulfone groups is 1. The maximum Gasteiger partial charge on any atom is 0.303 e. The van der Waals surface area contributed by atoms with Gasteiger partial charge in [-0.25, -0.2) is 8.42 Å². The molecule has 1 N–H and O–H groups in total. The number of halogens is 1. The number of rotatable bonds is 8. The fraction of sp³-hybridized carbons (Fsp3) is 0.526. The van der Waals surface area contributed by atoms with E-state index in [9.17, 15) is 18.0 Å². The molecule has 0 unspecified atom stereocenters. The van der Waals surface area contributed by atoms with Gasteiger partial charge in [0.25, 0.3) is 0 Å². The molecule has 1 amide bonds. The lowest BCUT2D eigenvalue weighted by atomic mass is 10.2. The highest BCUT2D eigenvalue weighted by molar-refractivity contribution is 9.10. The molecule has 0 aliphatic carbocycles.